The van der Waals surface area contributed by atoms with Crippen LogP contribution < -0.4 is 0 Å². The minimum atomic E-state index is 0.120. The Bertz CT molecular complexity index is 187. The SMILES string of the molecule is OCCn1cc(S)cn1. The van der Waals surface area contributed by atoms with Crippen LogP contribution in [0.15, 0.2) is 17.3 Å². The van der Waals surface area contributed by atoms with E-state index in [1.54, 1.807) is 17.1 Å². The third kappa shape index (κ3) is 1.73. The smallest absolute Gasteiger partial charge is 0.0641 e. The molecule has 0 aliphatic heterocycles. The lowest BCUT2D eigenvalue weighted by atomic mass is 10.7. The first-order valence-corrected chi connectivity index (χ1v) is 3.10. The molecule has 0 aliphatic rings. The molecule has 0 aromatic carbocycles. The summed E-state index contributed by atoms with van der Waals surface area (Å²) in [6.07, 6.45) is 3.40. The lowest BCUT2D eigenvalue weighted by Crippen LogP contribution is -2.01. The van der Waals surface area contributed by atoms with E-state index < -0.39 is 0 Å². The van der Waals surface area contributed by atoms with Gasteiger partial charge in [-0.2, -0.15) is 5.10 Å². The van der Waals surface area contributed by atoms with Gasteiger partial charge in [0.25, 0.3) is 0 Å². The van der Waals surface area contributed by atoms with Crippen molar-refractivity contribution in [3.05, 3.63) is 12.4 Å². The summed E-state index contributed by atoms with van der Waals surface area (Å²) in [6.45, 7) is 0.662. The summed E-state index contributed by atoms with van der Waals surface area (Å²) in [5.41, 5.74) is 0. The van der Waals surface area contributed by atoms with Gasteiger partial charge in [-0.3, -0.25) is 4.68 Å². The predicted octanol–water partition coefficient (Wildman–Crippen LogP) is 0.164. The van der Waals surface area contributed by atoms with E-state index in [0.29, 0.717) is 6.54 Å². The van der Waals surface area contributed by atoms with E-state index in [0.717, 1.165) is 4.90 Å². The molecule has 0 radical (unpaired) electrons. The van der Waals surface area contributed by atoms with E-state index in [1.807, 2.05) is 0 Å². The maximum atomic E-state index is 8.44. The lowest BCUT2D eigenvalue weighted by molar-refractivity contribution is 0.269. The summed E-state index contributed by atoms with van der Waals surface area (Å²) >= 11 is 4.03. The van der Waals surface area contributed by atoms with Crippen molar-refractivity contribution >= 4 is 12.6 Å². The Balaban J connectivity index is 2.61. The Morgan fingerprint density at radius 1 is 1.78 bits per heavy atom. The number of thiol groups is 1. The maximum Gasteiger partial charge on any atom is 0.0641 e. The van der Waals surface area contributed by atoms with Crippen LogP contribution >= 0.6 is 12.6 Å². The fraction of sp³-hybridized carbons (Fsp3) is 0.400. The number of hydrogen-bond acceptors (Lipinski definition) is 3. The quantitative estimate of drug-likeness (QED) is 0.580. The summed E-state index contributed by atoms with van der Waals surface area (Å²) in [6, 6.07) is 0. The Hall–Kier alpha value is -0.480. The average molecular weight is 144 g/mol. The Morgan fingerprint density at radius 3 is 3.00 bits per heavy atom. The fourth-order valence-corrected chi connectivity index (χ4v) is 0.762. The first-order valence-electron chi connectivity index (χ1n) is 2.65. The van der Waals surface area contributed by atoms with Crippen LogP contribution in [0, 0.1) is 0 Å². The van der Waals surface area contributed by atoms with Crippen molar-refractivity contribution in [2.75, 3.05) is 6.61 Å². The van der Waals surface area contributed by atoms with Gasteiger partial charge in [0.1, 0.15) is 0 Å². The molecule has 0 saturated carbocycles. The first-order chi connectivity index (χ1) is 4.33. The molecule has 0 amide bonds. The second kappa shape index (κ2) is 2.89. The van der Waals surface area contributed by atoms with Crippen molar-refractivity contribution in [3.8, 4) is 0 Å². The highest BCUT2D eigenvalue weighted by molar-refractivity contribution is 7.80. The summed E-state index contributed by atoms with van der Waals surface area (Å²) in [7, 11) is 0. The van der Waals surface area contributed by atoms with Crippen molar-refractivity contribution < 1.29 is 5.11 Å². The maximum absolute atomic E-state index is 8.44. The van der Waals surface area contributed by atoms with Gasteiger partial charge in [-0.1, -0.05) is 0 Å². The van der Waals surface area contributed by atoms with Gasteiger partial charge >= 0.3 is 0 Å². The lowest BCUT2D eigenvalue weighted by Gasteiger charge is -1.92. The van der Waals surface area contributed by atoms with Gasteiger partial charge in [-0.05, 0) is 0 Å². The minimum Gasteiger partial charge on any atom is -0.394 e. The molecule has 0 bridgehead atoms. The van der Waals surface area contributed by atoms with Gasteiger partial charge < -0.3 is 5.11 Å². The number of aliphatic hydroxyl groups excluding tert-OH is 1. The Morgan fingerprint density at radius 2 is 2.56 bits per heavy atom. The molecule has 3 nitrogen and oxygen atoms in total. The van der Waals surface area contributed by atoms with Crippen molar-refractivity contribution in [1.29, 1.82) is 0 Å². The molecule has 0 saturated heterocycles. The van der Waals surface area contributed by atoms with Crippen LogP contribution in [0.3, 0.4) is 0 Å². The number of hydrogen-bond donors (Lipinski definition) is 2. The van der Waals surface area contributed by atoms with Gasteiger partial charge in [0.05, 0.1) is 19.3 Å². The Labute approximate surface area is 58.7 Å². The van der Waals surface area contributed by atoms with Crippen molar-refractivity contribution in [1.82, 2.24) is 9.78 Å². The molecule has 0 spiro atoms. The molecule has 4 heteroatoms. The number of aliphatic hydroxyl groups is 1. The third-order valence-electron chi connectivity index (χ3n) is 0.949. The molecular weight excluding hydrogens is 136 g/mol. The van der Waals surface area contributed by atoms with Crippen molar-refractivity contribution in [3.63, 3.8) is 0 Å². The molecule has 1 rings (SSSR count). The molecule has 1 aromatic rings. The molecule has 1 aromatic heterocycles. The van der Waals surface area contributed by atoms with Crippen LogP contribution in [0.25, 0.3) is 0 Å². The van der Waals surface area contributed by atoms with Crippen LogP contribution in [0.5, 0.6) is 0 Å². The van der Waals surface area contributed by atoms with E-state index >= 15 is 0 Å². The largest absolute Gasteiger partial charge is 0.394 e. The number of aromatic nitrogens is 2. The minimum absolute atomic E-state index is 0.120. The second-order valence-electron chi connectivity index (χ2n) is 1.69. The zero-order valence-electron chi connectivity index (χ0n) is 4.86. The molecule has 1 N–H and O–H groups in total. The van der Waals surface area contributed by atoms with Crippen molar-refractivity contribution in [2.24, 2.45) is 0 Å². The topological polar surface area (TPSA) is 38.0 Å². The summed E-state index contributed by atoms with van der Waals surface area (Å²) in [5.74, 6) is 0. The highest BCUT2D eigenvalue weighted by Gasteiger charge is 1.90. The predicted molar refractivity (Wildman–Crippen MR) is 36.6 cm³/mol. The highest BCUT2D eigenvalue weighted by Crippen LogP contribution is 2.00. The normalized spacial score (nSPS) is 10.0. The van der Waals surface area contributed by atoms with Gasteiger partial charge in [-0.15, -0.1) is 12.6 Å². The highest BCUT2D eigenvalue weighted by atomic mass is 32.1. The summed E-state index contributed by atoms with van der Waals surface area (Å²) in [5, 5.41) is 12.3. The summed E-state index contributed by atoms with van der Waals surface area (Å²) in [4.78, 5) is 0.823. The molecule has 0 atom stereocenters. The van der Waals surface area contributed by atoms with Gasteiger partial charge in [0.2, 0.25) is 0 Å². The number of nitrogens with zero attached hydrogens (tertiary/aromatic N) is 2. The fourth-order valence-electron chi connectivity index (χ4n) is 0.577. The van der Waals surface area contributed by atoms with E-state index in [1.165, 1.54) is 0 Å². The third-order valence-corrected chi connectivity index (χ3v) is 1.18. The van der Waals surface area contributed by atoms with E-state index in [4.69, 9.17) is 5.11 Å². The molecule has 0 aliphatic carbocycles. The zero-order valence-corrected chi connectivity index (χ0v) is 5.75. The van der Waals surface area contributed by atoms with Crippen LogP contribution in [0.2, 0.25) is 0 Å². The van der Waals surface area contributed by atoms with E-state index in [2.05, 4.69) is 17.7 Å². The summed E-state index contributed by atoms with van der Waals surface area (Å²) < 4.78 is 1.64. The average Bonchev–Trinajstić information content (AvgIpc) is 2.17. The van der Waals surface area contributed by atoms with Crippen LogP contribution in [-0.2, 0) is 6.54 Å². The second-order valence-corrected chi connectivity index (χ2v) is 2.20. The monoisotopic (exact) mass is 144 g/mol. The van der Waals surface area contributed by atoms with Crippen LogP contribution in [-0.4, -0.2) is 21.5 Å². The number of rotatable bonds is 2. The molecule has 0 fully saturated rings. The van der Waals surface area contributed by atoms with E-state index in [9.17, 15) is 0 Å². The standard InChI is InChI=1S/C5H8N2OS/c8-2-1-7-4-5(9)3-6-7/h3-4,8-9H,1-2H2. The van der Waals surface area contributed by atoms with Crippen LogP contribution in [0.4, 0.5) is 0 Å². The molecule has 1 heterocycles. The zero-order chi connectivity index (χ0) is 6.69. The van der Waals surface area contributed by atoms with Crippen LogP contribution in [0.1, 0.15) is 0 Å². The molecule has 9 heavy (non-hydrogen) atoms. The van der Waals surface area contributed by atoms with Crippen molar-refractivity contribution in [2.45, 2.75) is 11.4 Å². The first kappa shape index (κ1) is 6.64. The molecule has 50 valence electrons. The van der Waals surface area contributed by atoms with Gasteiger partial charge in [0.15, 0.2) is 0 Å². The Kier molecular flexibility index (Phi) is 2.13. The van der Waals surface area contributed by atoms with Gasteiger partial charge in [0, 0.05) is 11.1 Å². The molecule has 0 unspecified atom stereocenters. The van der Waals surface area contributed by atoms with Gasteiger partial charge in [-0.25, -0.2) is 0 Å². The van der Waals surface area contributed by atoms with E-state index in [-0.39, 0.29) is 6.61 Å². The molecular formula is C5H8N2OS.